The molecular weight excluding hydrogens is 705 g/mol. The topological polar surface area (TPSA) is 19.7 Å². The number of fused-ring (bicyclic) bond motifs is 12. The third-order valence-corrected chi connectivity index (χ3v) is 12.3. The first-order valence-electron chi connectivity index (χ1n) is 20.0. The van der Waals surface area contributed by atoms with Crippen molar-refractivity contribution in [2.24, 2.45) is 0 Å². The number of nitrogens with zero attached hydrogens (tertiary/aromatic N) is 4. The van der Waals surface area contributed by atoms with E-state index in [2.05, 4.69) is 225 Å². The van der Waals surface area contributed by atoms with E-state index in [1.54, 1.807) is 0 Å². The third kappa shape index (κ3) is 4.18. The third-order valence-electron chi connectivity index (χ3n) is 12.3. The largest absolute Gasteiger partial charge is 0.309 e. The summed E-state index contributed by atoms with van der Waals surface area (Å²) in [6, 6.07) is 75.4. The van der Waals surface area contributed by atoms with Crippen molar-refractivity contribution in [2.45, 2.75) is 0 Å². The molecule has 270 valence electrons. The van der Waals surface area contributed by atoms with Crippen molar-refractivity contribution in [3.05, 3.63) is 206 Å². The molecule has 58 heavy (non-hydrogen) atoms. The quantitative estimate of drug-likeness (QED) is 0.171. The fourth-order valence-electron chi connectivity index (χ4n) is 10.0. The molecule has 0 fully saturated rings. The first-order valence-corrected chi connectivity index (χ1v) is 20.0. The van der Waals surface area contributed by atoms with Gasteiger partial charge in [-0.3, -0.25) is 0 Å². The van der Waals surface area contributed by atoms with Crippen molar-refractivity contribution in [3.8, 4) is 22.7 Å². The van der Waals surface area contributed by atoms with Crippen LogP contribution in [-0.4, -0.2) is 18.3 Å². The Balaban J connectivity index is 1.10. The zero-order chi connectivity index (χ0) is 37.9. The summed E-state index contributed by atoms with van der Waals surface area (Å²) in [7, 11) is 0. The van der Waals surface area contributed by atoms with Crippen LogP contribution in [0.3, 0.4) is 0 Å². The number of hydrogen-bond acceptors (Lipinski definition) is 0. The fraction of sp³-hybridized carbons (Fsp3) is 0. The van der Waals surface area contributed by atoms with E-state index in [0.717, 1.165) is 11.4 Å². The minimum atomic E-state index is 1.14. The second-order valence-electron chi connectivity index (χ2n) is 15.3. The Bertz CT molecular complexity index is 3740. The van der Waals surface area contributed by atoms with Gasteiger partial charge in [0.2, 0.25) is 0 Å². The highest BCUT2D eigenvalue weighted by Gasteiger charge is 2.23. The Morgan fingerprint density at radius 2 is 0.569 bits per heavy atom. The zero-order valence-electron chi connectivity index (χ0n) is 31.4. The van der Waals surface area contributed by atoms with E-state index in [1.807, 2.05) is 0 Å². The molecule has 0 atom stereocenters. The summed E-state index contributed by atoms with van der Waals surface area (Å²) < 4.78 is 9.80. The molecule has 4 heterocycles. The molecule has 0 radical (unpaired) electrons. The summed E-state index contributed by atoms with van der Waals surface area (Å²) in [5.74, 6) is 0. The van der Waals surface area contributed by atoms with E-state index in [1.165, 1.54) is 98.6 Å². The zero-order valence-corrected chi connectivity index (χ0v) is 31.4. The van der Waals surface area contributed by atoms with Crippen molar-refractivity contribution in [1.29, 1.82) is 0 Å². The summed E-state index contributed by atoms with van der Waals surface area (Å²) in [6.07, 6.45) is 0. The van der Waals surface area contributed by atoms with Crippen molar-refractivity contribution in [1.82, 2.24) is 18.3 Å². The monoisotopic (exact) mass is 738 g/mol. The maximum Gasteiger partial charge on any atom is 0.0562 e. The molecule has 4 nitrogen and oxygen atoms in total. The van der Waals surface area contributed by atoms with E-state index >= 15 is 0 Å². The van der Waals surface area contributed by atoms with Crippen LogP contribution in [0.25, 0.3) is 110 Å². The summed E-state index contributed by atoms with van der Waals surface area (Å²) in [5, 5.41) is 9.94. The molecule has 0 bridgehead atoms. The van der Waals surface area contributed by atoms with Gasteiger partial charge in [0.15, 0.2) is 0 Å². The molecule has 13 aromatic rings. The average molecular weight is 739 g/mol. The van der Waals surface area contributed by atoms with Gasteiger partial charge in [0.25, 0.3) is 0 Å². The molecule has 0 spiro atoms. The van der Waals surface area contributed by atoms with Gasteiger partial charge < -0.3 is 18.3 Å². The van der Waals surface area contributed by atoms with Crippen LogP contribution >= 0.6 is 0 Å². The highest BCUT2D eigenvalue weighted by molar-refractivity contribution is 6.19. The maximum atomic E-state index is 2.50. The van der Waals surface area contributed by atoms with Gasteiger partial charge in [-0.1, -0.05) is 121 Å². The first-order chi connectivity index (χ1) is 28.8. The van der Waals surface area contributed by atoms with E-state index in [0.29, 0.717) is 0 Å². The fourth-order valence-corrected chi connectivity index (χ4v) is 10.0. The van der Waals surface area contributed by atoms with Crippen LogP contribution in [0, 0.1) is 0 Å². The van der Waals surface area contributed by atoms with Crippen LogP contribution in [-0.2, 0) is 0 Å². The molecule has 0 saturated heterocycles. The SMILES string of the molecule is c1ccc(-n2c3ccccc3c3cc(-n4c5ccccc5c5c(-n6c7ccccc7c7c(-n8c9ccccc9c9ccccc98)cccc76)cccc54)ccc32)cc1. The molecule has 0 saturated carbocycles. The van der Waals surface area contributed by atoms with Crippen LogP contribution in [0.15, 0.2) is 206 Å². The van der Waals surface area contributed by atoms with Gasteiger partial charge in [0.05, 0.1) is 55.5 Å². The predicted octanol–water partition coefficient (Wildman–Crippen LogP) is 14.1. The number of para-hydroxylation sites is 6. The number of aromatic nitrogens is 4. The van der Waals surface area contributed by atoms with Crippen molar-refractivity contribution < 1.29 is 0 Å². The minimum absolute atomic E-state index is 1.14. The molecule has 0 unspecified atom stereocenters. The number of benzene rings is 9. The molecule has 13 rings (SSSR count). The van der Waals surface area contributed by atoms with Crippen LogP contribution in [0.2, 0.25) is 0 Å². The average Bonchev–Trinajstić information content (AvgIpc) is 4.02. The number of rotatable bonds is 4. The Kier molecular flexibility index (Phi) is 6.41. The Labute approximate surface area is 333 Å². The Morgan fingerprint density at radius 3 is 1.14 bits per heavy atom. The Hall–Kier alpha value is -7.82. The van der Waals surface area contributed by atoms with E-state index in [9.17, 15) is 0 Å². The van der Waals surface area contributed by atoms with Crippen LogP contribution in [0.1, 0.15) is 0 Å². The molecule has 9 aromatic carbocycles. The van der Waals surface area contributed by atoms with Gasteiger partial charge in [-0.2, -0.15) is 0 Å². The molecule has 4 aromatic heterocycles. The van der Waals surface area contributed by atoms with Crippen LogP contribution in [0.4, 0.5) is 0 Å². The molecule has 4 heteroatoms. The summed E-state index contributed by atoms with van der Waals surface area (Å²) in [4.78, 5) is 0. The predicted molar refractivity (Wildman–Crippen MR) is 244 cm³/mol. The molecule has 0 aliphatic rings. The van der Waals surface area contributed by atoms with Crippen molar-refractivity contribution in [3.63, 3.8) is 0 Å². The van der Waals surface area contributed by atoms with Crippen molar-refractivity contribution >= 4 is 87.2 Å². The van der Waals surface area contributed by atoms with Gasteiger partial charge in [0, 0.05) is 54.5 Å². The van der Waals surface area contributed by atoms with E-state index in [4.69, 9.17) is 0 Å². The highest BCUT2D eigenvalue weighted by Crippen LogP contribution is 2.43. The second kappa shape index (κ2) is 11.8. The van der Waals surface area contributed by atoms with Gasteiger partial charge in [-0.25, -0.2) is 0 Å². The van der Waals surface area contributed by atoms with Gasteiger partial charge in [-0.15, -0.1) is 0 Å². The summed E-state index contributed by atoms with van der Waals surface area (Å²) in [5.41, 5.74) is 14.2. The standard InChI is InChI=1S/C54H34N4/c1-2-16-35(17-3-1)55-43-23-9-6-20-39(43)42-34-36(32-33-48(42)55)56-46-26-12-7-21-40(46)53-49(56)28-14-30-51(53)58-47-27-13-8-22-41(47)54-50(29-15-31-52(54)58)57-44-24-10-4-18-37(44)38-19-5-11-25-45(38)57/h1-34H. The molecular formula is C54H34N4. The van der Waals surface area contributed by atoms with E-state index < -0.39 is 0 Å². The second-order valence-corrected chi connectivity index (χ2v) is 15.3. The smallest absolute Gasteiger partial charge is 0.0562 e. The maximum absolute atomic E-state index is 2.50. The minimum Gasteiger partial charge on any atom is -0.309 e. The van der Waals surface area contributed by atoms with E-state index in [-0.39, 0.29) is 0 Å². The first kappa shape index (κ1) is 31.4. The molecule has 0 aliphatic heterocycles. The normalized spacial score (nSPS) is 12.1. The summed E-state index contributed by atoms with van der Waals surface area (Å²) in [6.45, 7) is 0. The summed E-state index contributed by atoms with van der Waals surface area (Å²) >= 11 is 0. The lowest BCUT2D eigenvalue weighted by Gasteiger charge is -2.13. The highest BCUT2D eigenvalue weighted by atomic mass is 15.0. The van der Waals surface area contributed by atoms with Gasteiger partial charge in [0.1, 0.15) is 0 Å². The lowest BCUT2D eigenvalue weighted by atomic mass is 10.1. The number of hydrogen-bond donors (Lipinski definition) is 0. The molecule has 0 amide bonds. The molecule has 0 aliphatic carbocycles. The van der Waals surface area contributed by atoms with Crippen molar-refractivity contribution in [2.75, 3.05) is 0 Å². The van der Waals surface area contributed by atoms with Gasteiger partial charge >= 0.3 is 0 Å². The molecule has 0 N–H and O–H groups in total. The van der Waals surface area contributed by atoms with Crippen LogP contribution in [0.5, 0.6) is 0 Å². The van der Waals surface area contributed by atoms with Crippen LogP contribution < -0.4 is 0 Å². The lowest BCUT2D eigenvalue weighted by Crippen LogP contribution is -1.98. The van der Waals surface area contributed by atoms with Gasteiger partial charge in [-0.05, 0) is 84.9 Å². The Morgan fingerprint density at radius 1 is 0.207 bits per heavy atom. The lowest BCUT2D eigenvalue weighted by molar-refractivity contribution is 1.16.